The van der Waals surface area contributed by atoms with Gasteiger partial charge in [0.2, 0.25) is 0 Å². The first-order chi connectivity index (χ1) is 9.95. The van der Waals surface area contributed by atoms with Gasteiger partial charge in [-0.3, -0.25) is 9.63 Å². The van der Waals surface area contributed by atoms with E-state index >= 15 is 0 Å². The van der Waals surface area contributed by atoms with Crippen molar-refractivity contribution in [2.24, 2.45) is 5.92 Å². The molecular weight excluding hydrogens is 312 g/mol. The highest BCUT2D eigenvalue weighted by Crippen LogP contribution is 2.28. The third-order valence-electron chi connectivity index (χ3n) is 3.45. The lowest BCUT2D eigenvalue weighted by Gasteiger charge is -2.28. The third kappa shape index (κ3) is 3.82. The Morgan fingerprint density at radius 1 is 1.43 bits per heavy atom. The zero-order valence-electron chi connectivity index (χ0n) is 12.2. The molecule has 1 amide bonds. The molecule has 118 valence electrons. The van der Waals surface area contributed by atoms with Crippen molar-refractivity contribution in [1.82, 2.24) is 9.79 Å². The van der Waals surface area contributed by atoms with Crippen LogP contribution in [0.3, 0.4) is 0 Å². The van der Waals surface area contributed by atoms with Crippen LogP contribution in [-0.4, -0.2) is 38.3 Å². The number of carbonyl (C=O) groups is 1. The third-order valence-corrected chi connectivity index (χ3v) is 6.90. The lowest BCUT2D eigenvalue weighted by Crippen LogP contribution is -2.37. The summed E-state index contributed by atoms with van der Waals surface area (Å²) >= 11 is 0.971. The number of piperidine rings is 1. The first-order valence-corrected chi connectivity index (χ1v) is 9.23. The van der Waals surface area contributed by atoms with Gasteiger partial charge in [-0.15, -0.1) is 11.3 Å². The number of nitrogens with zero attached hydrogens (tertiary/aromatic N) is 1. The van der Waals surface area contributed by atoms with Gasteiger partial charge in [0.25, 0.3) is 15.9 Å². The van der Waals surface area contributed by atoms with Gasteiger partial charge in [-0.2, -0.15) is 4.31 Å². The van der Waals surface area contributed by atoms with Crippen LogP contribution in [0, 0.1) is 5.92 Å². The average Bonchev–Trinajstić information content (AvgIpc) is 2.96. The van der Waals surface area contributed by atoms with Gasteiger partial charge in [-0.25, -0.2) is 13.9 Å². The molecule has 6 nitrogen and oxygen atoms in total. The van der Waals surface area contributed by atoms with Crippen LogP contribution in [0.5, 0.6) is 0 Å². The minimum atomic E-state index is -3.49. The van der Waals surface area contributed by atoms with Gasteiger partial charge in [0.1, 0.15) is 4.21 Å². The molecule has 1 aromatic rings. The summed E-state index contributed by atoms with van der Waals surface area (Å²) in [6.45, 7) is 5.32. The van der Waals surface area contributed by atoms with Crippen LogP contribution in [0.25, 0.3) is 0 Å². The molecule has 0 unspecified atom stereocenters. The first-order valence-electron chi connectivity index (χ1n) is 6.97. The quantitative estimate of drug-likeness (QED) is 0.835. The fourth-order valence-electron chi connectivity index (χ4n) is 2.12. The number of hydrogen-bond donors (Lipinski definition) is 1. The number of thiophene rings is 1. The van der Waals surface area contributed by atoms with E-state index in [0.29, 0.717) is 30.5 Å². The smallest absolute Gasteiger partial charge is 0.274 e. The lowest BCUT2D eigenvalue weighted by atomic mass is 10.0. The predicted molar refractivity (Wildman–Crippen MR) is 80.6 cm³/mol. The first kappa shape index (κ1) is 16.4. The molecule has 1 aliphatic heterocycles. The normalized spacial score (nSPS) is 17.8. The Kier molecular flexibility index (Phi) is 5.37. The molecule has 0 aromatic carbocycles. The highest BCUT2D eigenvalue weighted by molar-refractivity contribution is 7.91. The fourth-order valence-corrected chi connectivity index (χ4v) is 4.94. The SMILES string of the molecule is CCONC(=O)c1ccc(S(=O)(=O)N2CCC(C)CC2)s1. The molecular formula is C13H20N2O4S2. The molecule has 8 heteroatoms. The van der Waals surface area contributed by atoms with Crippen molar-refractivity contribution in [3.8, 4) is 0 Å². The second-order valence-corrected chi connectivity index (χ2v) is 8.32. The monoisotopic (exact) mass is 332 g/mol. The Morgan fingerprint density at radius 3 is 2.71 bits per heavy atom. The molecule has 1 fully saturated rings. The number of hydroxylamine groups is 1. The number of carbonyl (C=O) groups excluding carboxylic acids is 1. The minimum Gasteiger partial charge on any atom is -0.274 e. The predicted octanol–water partition coefficient (Wildman–Crippen LogP) is 1.85. The molecule has 21 heavy (non-hydrogen) atoms. The molecule has 1 saturated heterocycles. The molecule has 1 N–H and O–H groups in total. The number of amides is 1. The Morgan fingerprint density at radius 2 is 2.10 bits per heavy atom. The van der Waals surface area contributed by atoms with Gasteiger partial charge in [-0.1, -0.05) is 6.92 Å². The second kappa shape index (κ2) is 6.87. The highest BCUT2D eigenvalue weighted by atomic mass is 32.2. The van der Waals surface area contributed by atoms with E-state index in [4.69, 9.17) is 4.84 Å². The highest BCUT2D eigenvalue weighted by Gasteiger charge is 2.29. The largest absolute Gasteiger partial charge is 0.284 e. The van der Waals surface area contributed by atoms with Crippen LogP contribution in [0.15, 0.2) is 16.3 Å². The van der Waals surface area contributed by atoms with Crippen molar-refractivity contribution in [3.63, 3.8) is 0 Å². The van der Waals surface area contributed by atoms with E-state index < -0.39 is 15.9 Å². The topological polar surface area (TPSA) is 75.7 Å². The van der Waals surface area contributed by atoms with Gasteiger partial charge < -0.3 is 0 Å². The second-order valence-electron chi connectivity index (χ2n) is 5.07. The Bertz CT molecular complexity index is 589. The summed E-state index contributed by atoms with van der Waals surface area (Å²) in [5.41, 5.74) is 2.26. The van der Waals surface area contributed by atoms with Crippen LogP contribution < -0.4 is 5.48 Å². The van der Waals surface area contributed by atoms with Crippen molar-refractivity contribution in [1.29, 1.82) is 0 Å². The maximum absolute atomic E-state index is 12.5. The number of rotatable bonds is 5. The Balaban J connectivity index is 2.11. The van der Waals surface area contributed by atoms with E-state index in [1.165, 1.54) is 16.4 Å². The molecule has 0 aliphatic carbocycles. The molecule has 2 rings (SSSR count). The van der Waals surface area contributed by atoms with Gasteiger partial charge in [-0.05, 0) is 37.8 Å². The maximum atomic E-state index is 12.5. The molecule has 0 bridgehead atoms. The van der Waals surface area contributed by atoms with Crippen LogP contribution >= 0.6 is 11.3 Å². The summed E-state index contributed by atoms with van der Waals surface area (Å²) in [4.78, 5) is 16.9. The summed E-state index contributed by atoms with van der Waals surface area (Å²) in [7, 11) is -3.49. The van der Waals surface area contributed by atoms with E-state index in [2.05, 4.69) is 12.4 Å². The standard InChI is InChI=1S/C13H20N2O4S2/c1-3-19-14-13(16)11-4-5-12(20-11)21(17,18)15-8-6-10(2)7-9-15/h4-5,10H,3,6-9H2,1-2H3,(H,14,16). The number of sulfonamides is 1. The summed E-state index contributed by atoms with van der Waals surface area (Å²) in [6.07, 6.45) is 1.75. The van der Waals surface area contributed by atoms with Crippen molar-refractivity contribution in [3.05, 3.63) is 17.0 Å². The summed E-state index contributed by atoms with van der Waals surface area (Å²) < 4.78 is 26.7. The number of hydrogen-bond acceptors (Lipinski definition) is 5. The van der Waals surface area contributed by atoms with E-state index in [1.807, 2.05) is 0 Å². The molecule has 0 radical (unpaired) electrons. The summed E-state index contributed by atoms with van der Waals surface area (Å²) in [5.74, 6) is 0.142. The van der Waals surface area contributed by atoms with Crippen molar-refractivity contribution < 1.29 is 18.0 Å². The van der Waals surface area contributed by atoms with Crippen molar-refractivity contribution >= 4 is 27.3 Å². The molecule has 1 aromatic heterocycles. The van der Waals surface area contributed by atoms with Gasteiger partial charge >= 0.3 is 0 Å². The summed E-state index contributed by atoms with van der Waals surface area (Å²) in [5, 5.41) is 0. The van der Waals surface area contributed by atoms with Crippen molar-refractivity contribution in [2.75, 3.05) is 19.7 Å². The van der Waals surface area contributed by atoms with Crippen molar-refractivity contribution in [2.45, 2.75) is 30.9 Å². The maximum Gasteiger partial charge on any atom is 0.284 e. The molecule has 0 atom stereocenters. The lowest BCUT2D eigenvalue weighted by molar-refractivity contribution is 0.0368. The zero-order valence-corrected chi connectivity index (χ0v) is 13.8. The Labute approximate surface area is 129 Å². The van der Waals surface area contributed by atoms with E-state index in [1.54, 1.807) is 6.92 Å². The van der Waals surface area contributed by atoms with Crippen LogP contribution in [0.4, 0.5) is 0 Å². The van der Waals surface area contributed by atoms with E-state index in [-0.39, 0.29) is 4.21 Å². The van der Waals surface area contributed by atoms with Gasteiger partial charge in [0.05, 0.1) is 11.5 Å². The Hall–Kier alpha value is -0.960. The number of nitrogens with one attached hydrogen (secondary N) is 1. The van der Waals surface area contributed by atoms with E-state index in [9.17, 15) is 13.2 Å². The summed E-state index contributed by atoms with van der Waals surface area (Å²) in [6, 6.07) is 3.00. The molecule has 1 aliphatic rings. The molecule has 0 saturated carbocycles. The molecule has 2 heterocycles. The van der Waals surface area contributed by atoms with Gasteiger partial charge in [0.15, 0.2) is 0 Å². The van der Waals surface area contributed by atoms with Gasteiger partial charge in [0, 0.05) is 13.1 Å². The molecule has 0 spiro atoms. The van der Waals surface area contributed by atoms with Crippen LogP contribution in [-0.2, 0) is 14.9 Å². The minimum absolute atomic E-state index is 0.207. The van der Waals surface area contributed by atoms with E-state index in [0.717, 1.165) is 24.2 Å². The fraction of sp³-hybridized carbons (Fsp3) is 0.615. The average molecular weight is 332 g/mol. The zero-order chi connectivity index (χ0) is 15.5. The van der Waals surface area contributed by atoms with Crippen LogP contribution in [0.2, 0.25) is 0 Å². The van der Waals surface area contributed by atoms with Crippen LogP contribution in [0.1, 0.15) is 36.4 Å².